The van der Waals surface area contributed by atoms with Crippen molar-refractivity contribution < 1.29 is 4.79 Å². The predicted molar refractivity (Wildman–Crippen MR) is 96.7 cm³/mol. The average Bonchev–Trinajstić information content (AvgIpc) is 3.12. The lowest BCUT2D eigenvalue weighted by atomic mass is 10.2. The van der Waals surface area contributed by atoms with Crippen LogP contribution in [-0.4, -0.2) is 33.2 Å². The maximum atomic E-state index is 11.5. The van der Waals surface area contributed by atoms with Crippen molar-refractivity contribution in [1.29, 1.82) is 0 Å². The molecule has 0 spiro atoms. The molecule has 7 nitrogen and oxygen atoms in total. The van der Waals surface area contributed by atoms with Crippen LogP contribution in [-0.2, 0) is 4.79 Å². The van der Waals surface area contributed by atoms with Crippen molar-refractivity contribution >= 4 is 17.3 Å². The Bertz CT molecular complexity index is 861. The van der Waals surface area contributed by atoms with E-state index >= 15 is 0 Å². The van der Waals surface area contributed by atoms with Gasteiger partial charge in [-0.1, -0.05) is 24.3 Å². The molecule has 1 atom stereocenters. The van der Waals surface area contributed by atoms with Crippen molar-refractivity contribution in [3.05, 3.63) is 60.4 Å². The number of aromatic nitrogens is 4. The molecule has 1 aromatic heterocycles. The first-order chi connectivity index (χ1) is 12.1. The zero-order valence-corrected chi connectivity index (χ0v) is 14.4. The normalized spacial score (nSPS) is 11.8. The van der Waals surface area contributed by atoms with E-state index < -0.39 is 0 Å². The van der Waals surface area contributed by atoms with Crippen LogP contribution >= 0.6 is 0 Å². The van der Waals surface area contributed by atoms with Gasteiger partial charge in [-0.2, -0.15) is 4.68 Å². The summed E-state index contributed by atoms with van der Waals surface area (Å²) in [7, 11) is 1.75. The summed E-state index contributed by atoms with van der Waals surface area (Å²) in [5.74, 6) is 0.690. The summed E-state index contributed by atoms with van der Waals surface area (Å²) < 4.78 is 1.71. The molecule has 0 aliphatic carbocycles. The number of amides is 1. The summed E-state index contributed by atoms with van der Waals surface area (Å²) in [6, 6.07) is 17.3. The summed E-state index contributed by atoms with van der Waals surface area (Å²) in [5.41, 5.74) is 2.62. The monoisotopic (exact) mass is 336 g/mol. The van der Waals surface area contributed by atoms with E-state index in [1.807, 2.05) is 61.5 Å². The van der Waals surface area contributed by atoms with Crippen LogP contribution in [0.3, 0.4) is 0 Å². The Labute approximate surface area is 146 Å². The van der Waals surface area contributed by atoms with Crippen LogP contribution in [0.4, 0.5) is 11.4 Å². The molecule has 0 saturated heterocycles. The molecule has 0 unspecified atom stereocenters. The number of hydrogen-bond acceptors (Lipinski definition) is 5. The SMILES string of the molecule is CC(=O)N(C)c1cccc(N[C@@H](C)c2nnnn2-c2ccccc2)c1. The van der Waals surface area contributed by atoms with Gasteiger partial charge in [-0.25, -0.2) is 0 Å². The van der Waals surface area contributed by atoms with Gasteiger partial charge in [0, 0.05) is 25.3 Å². The minimum Gasteiger partial charge on any atom is -0.375 e. The number of benzene rings is 2. The third kappa shape index (κ3) is 3.65. The number of anilines is 2. The lowest BCUT2D eigenvalue weighted by Gasteiger charge is -2.18. The standard InChI is InChI=1S/C18H20N6O/c1-13(18-20-21-22-24(18)16-9-5-4-6-10-16)19-15-8-7-11-17(12-15)23(3)14(2)25/h4-13,19H,1-3H3/t13-/m0/s1. The molecule has 0 saturated carbocycles. The molecule has 0 fully saturated rings. The number of tetrazole rings is 1. The van der Waals surface area contributed by atoms with Gasteiger partial charge >= 0.3 is 0 Å². The summed E-state index contributed by atoms with van der Waals surface area (Å²) in [6.07, 6.45) is 0. The van der Waals surface area contributed by atoms with Crippen molar-refractivity contribution in [2.75, 3.05) is 17.3 Å². The number of nitrogens with zero attached hydrogens (tertiary/aromatic N) is 5. The molecular formula is C18H20N6O. The molecule has 0 radical (unpaired) electrons. The highest BCUT2D eigenvalue weighted by atomic mass is 16.2. The Morgan fingerprint density at radius 1 is 1.16 bits per heavy atom. The zero-order valence-electron chi connectivity index (χ0n) is 14.4. The largest absolute Gasteiger partial charge is 0.375 e. The molecule has 0 bridgehead atoms. The third-order valence-corrected chi connectivity index (χ3v) is 3.97. The Morgan fingerprint density at radius 3 is 2.64 bits per heavy atom. The van der Waals surface area contributed by atoms with E-state index in [-0.39, 0.29) is 11.9 Å². The molecule has 0 aliphatic rings. The Hall–Kier alpha value is -3.22. The van der Waals surface area contributed by atoms with E-state index in [2.05, 4.69) is 20.8 Å². The molecule has 1 N–H and O–H groups in total. The van der Waals surface area contributed by atoms with E-state index in [1.54, 1.807) is 16.6 Å². The fourth-order valence-corrected chi connectivity index (χ4v) is 2.52. The summed E-state index contributed by atoms with van der Waals surface area (Å²) in [6.45, 7) is 3.53. The number of carbonyl (C=O) groups is 1. The van der Waals surface area contributed by atoms with Crippen molar-refractivity contribution in [1.82, 2.24) is 20.2 Å². The van der Waals surface area contributed by atoms with Crippen LogP contribution in [0.2, 0.25) is 0 Å². The Kier molecular flexibility index (Phi) is 4.74. The molecule has 3 aromatic rings. The number of carbonyl (C=O) groups excluding carboxylic acids is 1. The topological polar surface area (TPSA) is 75.9 Å². The van der Waals surface area contributed by atoms with Gasteiger partial charge in [0.2, 0.25) is 5.91 Å². The number of para-hydroxylation sites is 1. The summed E-state index contributed by atoms with van der Waals surface area (Å²) in [5, 5.41) is 15.4. The molecule has 2 aromatic carbocycles. The number of nitrogens with one attached hydrogen (secondary N) is 1. The smallest absolute Gasteiger partial charge is 0.223 e. The first-order valence-corrected chi connectivity index (χ1v) is 8.01. The number of hydrogen-bond donors (Lipinski definition) is 1. The fraction of sp³-hybridized carbons (Fsp3) is 0.222. The van der Waals surface area contributed by atoms with E-state index in [9.17, 15) is 4.79 Å². The van der Waals surface area contributed by atoms with Crippen molar-refractivity contribution in [2.45, 2.75) is 19.9 Å². The second-order valence-corrected chi connectivity index (χ2v) is 5.78. The van der Waals surface area contributed by atoms with E-state index in [0.29, 0.717) is 5.82 Å². The number of rotatable bonds is 5. The van der Waals surface area contributed by atoms with Gasteiger partial charge in [0.1, 0.15) is 0 Å². The Morgan fingerprint density at radius 2 is 1.92 bits per heavy atom. The minimum atomic E-state index is -0.118. The average molecular weight is 336 g/mol. The predicted octanol–water partition coefficient (Wildman–Crippen LogP) is 2.82. The first-order valence-electron chi connectivity index (χ1n) is 8.01. The molecule has 25 heavy (non-hydrogen) atoms. The van der Waals surface area contributed by atoms with E-state index in [4.69, 9.17) is 0 Å². The second kappa shape index (κ2) is 7.12. The molecule has 7 heteroatoms. The van der Waals surface area contributed by atoms with Crippen LogP contribution in [0, 0.1) is 0 Å². The van der Waals surface area contributed by atoms with Crippen LogP contribution < -0.4 is 10.2 Å². The van der Waals surface area contributed by atoms with Crippen molar-refractivity contribution in [3.8, 4) is 5.69 Å². The van der Waals surface area contributed by atoms with Gasteiger partial charge in [0.05, 0.1) is 11.7 Å². The van der Waals surface area contributed by atoms with Crippen LogP contribution in [0.1, 0.15) is 25.7 Å². The lowest BCUT2D eigenvalue weighted by molar-refractivity contribution is -0.116. The highest BCUT2D eigenvalue weighted by Crippen LogP contribution is 2.23. The maximum absolute atomic E-state index is 11.5. The quantitative estimate of drug-likeness (QED) is 0.775. The van der Waals surface area contributed by atoms with Crippen LogP contribution in [0.5, 0.6) is 0 Å². The third-order valence-electron chi connectivity index (χ3n) is 3.97. The van der Waals surface area contributed by atoms with Crippen LogP contribution in [0.15, 0.2) is 54.6 Å². The zero-order chi connectivity index (χ0) is 17.8. The molecular weight excluding hydrogens is 316 g/mol. The van der Waals surface area contributed by atoms with Gasteiger partial charge in [0.15, 0.2) is 5.82 Å². The fourth-order valence-electron chi connectivity index (χ4n) is 2.52. The highest BCUT2D eigenvalue weighted by Gasteiger charge is 2.16. The molecule has 1 heterocycles. The van der Waals surface area contributed by atoms with Gasteiger partial charge < -0.3 is 10.2 Å². The first kappa shape index (κ1) is 16.6. The Balaban J connectivity index is 1.82. The van der Waals surface area contributed by atoms with Gasteiger partial charge in [-0.05, 0) is 47.7 Å². The summed E-state index contributed by atoms with van der Waals surface area (Å²) in [4.78, 5) is 13.1. The molecule has 3 rings (SSSR count). The maximum Gasteiger partial charge on any atom is 0.223 e. The van der Waals surface area contributed by atoms with Crippen LogP contribution in [0.25, 0.3) is 5.69 Å². The molecule has 0 aliphatic heterocycles. The minimum absolute atomic E-state index is 0.0155. The van der Waals surface area contributed by atoms with Gasteiger partial charge in [-0.15, -0.1) is 5.10 Å². The van der Waals surface area contributed by atoms with E-state index in [0.717, 1.165) is 17.1 Å². The van der Waals surface area contributed by atoms with E-state index in [1.165, 1.54) is 6.92 Å². The highest BCUT2D eigenvalue weighted by molar-refractivity contribution is 5.91. The molecule has 1 amide bonds. The molecule has 128 valence electrons. The van der Waals surface area contributed by atoms with Crippen molar-refractivity contribution in [2.24, 2.45) is 0 Å². The van der Waals surface area contributed by atoms with Crippen molar-refractivity contribution in [3.63, 3.8) is 0 Å². The summed E-state index contributed by atoms with van der Waals surface area (Å²) >= 11 is 0. The van der Waals surface area contributed by atoms with Gasteiger partial charge in [-0.3, -0.25) is 4.79 Å². The lowest BCUT2D eigenvalue weighted by Crippen LogP contribution is -2.22. The second-order valence-electron chi connectivity index (χ2n) is 5.78. The van der Waals surface area contributed by atoms with Gasteiger partial charge in [0.25, 0.3) is 0 Å².